The zero-order chi connectivity index (χ0) is 15.4. The molecule has 0 radical (unpaired) electrons. The maximum Gasteiger partial charge on any atom is 0.0459 e. The Bertz CT molecular complexity index is 608. The van der Waals surface area contributed by atoms with E-state index in [4.69, 9.17) is 17.3 Å². The first-order chi connectivity index (χ1) is 9.97. The van der Waals surface area contributed by atoms with Gasteiger partial charge in [0, 0.05) is 30.3 Å². The molecule has 21 heavy (non-hydrogen) atoms. The second-order valence-corrected chi connectivity index (χ2v) is 6.17. The van der Waals surface area contributed by atoms with Gasteiger partial charge in [0.1, 0.15) is 0 Å². The summed E-state index contributed by atoms with van der Waals surface area (Å²) in [7, 11) is 2.10. The lowest BCUT2D eigenvalue weighted by Gasteiger charge is -2.24. The number of benzene rings is 2. The molecule has 0 aliphatic heterocycles. The van der Waals surface area contributed by atoms with Crippen LogP contribution in [-0.4, -0.2) is 13.1 Å². The normalized spacial score (nSPS) is 12.2. The minimum absolute atomic E-state index is 0.0935. The number of hydrogen-bond acceptors (Lipinski definition) is 2. The van der Waals surface area contributed by atoms with Gasteiger partial charge >= 0.3 is 0 Å². The van der Waals surface area contributed by atoms with Crippen LogP contribution >= 0.6 is 11.6 Å². The standard InChI is InChI=1S/C18H23ClN2/c1-13-6-4-7-15(10-13)12-21(3)18-9-5-8-17(19)16(18)11-14(2)20/h4-10,14H,11-12,20H2,1-3H3. The highest BCUT2D eigenvalue weighted by Crippen LogP contribution is 2.29. The van der Waals surface area contributed by atoms with Gasteiger partial charge in [-0.05, 0) is 43.5 Å². The van der Waals surface area contributed by atoms with Crippen LogP contribution in [-0.2, 0) is 13.0 Å². The van der Waals surface area contributed by atoms with E-state index in [0.717, 1.165) is 29.2 Å². The SMILES string of the molecule is Cc1cccc(CN(C)c2cccc(Cl)c2CC(C)N)c1. The first-order valence-electron chi connectivity index (χ1n) is 7.27. The third kappa shape index (κ3) is 4.23. The van der Waals surface area contributed by atoms with E-state index in [2.05, 4.69) is 49.2 Å². The van der Waals surface area contributed by atoms with Crippen molar-refractivity contribution in [3.05, 3.63) is 64.2 Å². The van der Waals surface area contributed by atoms with E-state index in [0.29, 0.717) is 0 Å². The predicted molar refractivity (Wildman–Crippen MR) is 92.1 cm³/mol. The molecule has 0 aliphatic rings. The number of anilines is 1. The Balaban J connectivity index is 2.26. The summed E-state index contributed by atoms with van der Waals surface area (Å²) < 4.78 is 0. The Morgan fingerprint density at radius 1 is 1.19 bits per heavy atom. The van der Waals surface area contributed by atoms with E-state index in [1.165, 1.54) is 11.1 Å². The van der Waals surface area contributed by atoms with Gasteiger partial charge in [0.05, 0.1) is 0 Å². The lowest BCUT2D eigenvalue weighted by Crippen LogP contribution is -2.22. The highest BCUT2D eigenvalue weighted by molar-refractivity contribution is 6.31. The topological polar surface area (TPSA) is 29.3 Å². The molecule has 0 saturated carbocycles. The molecule has 0 aliphatic carbocycles. The Hall–Kier alpha value is -1.51. The molecule has 0 spiro atoms. The van der Waals surface area contributed by atoms with Crippen LogP contribution in [0, 0.1) is 6.92 Å². The number of nitrogens with two attached hydrogens (primary N) is 1. The molecule has 0 fully saturated rings. The van der Waals surface area contributed by atoms with Crippen LogP contribution in [0.4, 0.5) is 5.69 Å². The minimum Gasteiger partial charge on any atom is -0.370 e. The molecule has 0 heterocycles. The number of rotatable bonds is 5. The molecule has 3 heteroatoms. The van der Waals surface area contributed by atoms with Crippen LogP contribution < -0.4 is 10.6 Å². The van der Waals surface area contributed by atoms with Gasteiger partial charge in [-0.25, -0.2) is 0 Å². The summed E-state index contributed by atoms with van der Waals surface area (Å²) in [4.78, 5) is 2.23. The highest BCUT2D eigenvalue weighted by Gasteiger charge is 2.12. The molecule has 2 nitrogen and oxygen atoms in total. The second-order valence-electron chi connectivity index (χ2n) is 5.76. The summed E-state index contributed by atoms with van der Waals surface area (Å²) in [6.45, 7) is 4.98. The average Bonchev–Trinajstić information content (AvgIpc) is 2.40. The molecule has 0 saturated heterocycles. The fourth-order valence-electron chi connectivity index (χ4n) is 2.60. The monoisotopic (exact) mass is 302 g/mol. The maximum atomic E-state index is 6.36. The predicted octanol–water partition coefficient (Wildman–Crippen LogP) is 4.17. The van der Waals surface area contributed by atoms with Gasteiger partial charge in [0.25, 0.3) is 0 Å². The quantitative estimate of drug-likeness (QED) is 0.898. The van der Waals surface area contributed by atoms with Crippen molar-refractivity contribution in [2.75, 3.05) is 11.9 Å². The van der Waals surface area contributed by atoms with E-state index < -0.39 is 0 Å². The molecule has 1 unspecified atom stereocenters. The lowest BCUT2D eigenvalue weighted by molar-refractivity contribution is 0.734. The van der Waals surface area contributed by atoms with Crippen molar-refractivity contribution in [3.63, 3.8) is 0 Å². The second kappa shape index (κ2) is 6.97. The number of nitrogens with zero attached hydrogens (tertiary/aromatic N) is 1. The number of aryl methyl sites for hydroxylation is 1. The van der Waals surface area contributed by atoms with E-state index in [-0.39, 0.29) is 6.04 Å². The third-order valence-electron chi connectivity index (χ3n) is 3.53. The summed E-state index contributed by atoms with van der Waals surface area (Å²) in [6.07, 6.45) is 0.785. The van der Waals surface area contributed by atoms with Crippen molar-refractivity contribution in [1.29, 1.82) is 0 Å². The lowest BCUT2D eigenvalue weighted by atomic mass is 10.0. The van der Waals surface area contributed by atoms with Crippen molar-refractivity contribution in [3.8, 4) is 0 Å². The van der Waals surface area contributed by atoms with E-state index in [9.17, 15) is 0 Å². The van der Waals surface area contributed by atoms with Gasteiger partial charge in [-0.3, -0.25) is 0 Å². The molecular formula is C18H23ClN2. The Morgan fingerprint density at radius 3 is 2.57 bits per heavy atom. The molecule has 112 valence electrons. The van der Waals surface area contributed by atoms with Crippen LogP contribution in [0.3, 0.4) is 0 Å². The number of halogens is 1. The van der Waals surface area contributed by atoms with Crippen LogP contribution in [0.2, 0.25) is 5.02 Å². The molecule has 0 bridgehead atoms. The van der Waals surface area contributed by atoms with E-state index >= 15 is 0 Å². The molecule has 0 amide bonds. The van der Waals surface area contributed by atoms with Gasteiger partial charge in [0.2, 0.25) is 0 Å². The van der Waals surface area contributed by atoms with Gasteiger partial charge < -0.3 is 10.6 Å². The van der Waals surface area contributed by atoms with E-state index in [1.807, 2.05) is 19.1 Å². The van der Waals surface area contributed by atoms with Crippen LogP contribution in [0.15, 0.2) is 42.5 Å². The van der Waals surface area contributed by atoms with Crippen molar-refractivity contribution in [2.24, 2.45) is 5.73 Å². The van der Waals surface area contributed by atoms with Crippen molar-refractivity contribution in [1.82, 2.24) is 0 Å². The summed E-state index contributed by atoms with van der Waals surface area (Å²) >= 11 is 6.36. The third-order valence-corrected chi connectivity index (χ3v) is 3.89. The first-order valence-corrected chi connectivity index (χ1v) is 7.65. The minimum atomic E-state index is 0.0935. The molecule has 0 aromatic heterocycles. The smallest absolute Gasteiger partial charge is 0.0459 e. The molecule has 2 aromatic carbocycles. The van der Waals surface area contributed by atoms with Crippen molar-refractivity contribution >= 4 is 17.3 Å². The summed E-state index contributed by atoms with van der Waals surface area (Å²) in [5.74, 6) is 0. The average molecular weight is 303 g/mol. The fourth-order valence-corrected chi connectivity index (χ4v) is 2.85. The molecule has 2 aromatic rings. The molecule has 2 rings (SSSR count). The fraction of sp³-hybridized carbons (Fsp3) is 0.333. The zero-order valence-corrected chi connectivity index (χ0v) is 13.7. The summed E-state index contributed by atoms with van der Waals surface area (Å²) in [6, 6.07) is 14.7. The number of hydrogen-bond donors (Lipinski definition) is 1. The highest BCUT2D eigenvalue weighted by atomic mass is 35.5. The Kier molecular flexibility index (Phi) is 5.27. The largest absolute Gasteiger partial charge is 0.370 e. The first kappa shape index (κ1) is 15.9. The molecule has 1 atom stereocenters. The van der Waals surface area contributed by atoms with E-state index in [1.54, 1.807) is 0 Å². The van der Waals surface area contributed by atoms with Gasteiger partial charge in [-0.2, -0.15) is 0 Å². The maximum absolute atomic E-state index is 6.36. The van der Waals surface area contributed by atoms with Crippen LogP contribution in [0.5, 0.6) is 0 Å². The van der Waals surface area contributed by atoms with Crippen molar-refractivity contribution in [2.45, 2.75) is 32.9 Å². The van der Waals surface area contributed by atoms with Crippen LogP contribution in [0.25, 0.3) is 0 Å². The Morgan fingerprint density at radius 2 is 1.90 bits per heavy atom. The van der Waals surface area contributed by atoms with Gasteiger partial charge in [0.15, 0.2) is 0 Å². The summed E-state index contributed by atoms with van der Waals surface area (Å²) in [5.41, 5.74) is 10.8. The molecular weight excluding hydrogens is 280 g/mol. The zero-order valence-electron chi connectivity index (χ0n) is 12.9. The van der Waals surface area contributed by atoms with Crippen LogP contribution in [0.1, 0.15) is 23.6 Å². The molecule has 2 N–H and O–H groups in total. The van der Waals surface area contributed by atoms with Gasteiger partial charge in [-0.15, -0.1) is 0 Å². The van der Waals surface area contributed by atoms with Crippen molar-refractivity contribution < 1.29 is 0 Å². The van der Waals surface area contributed by atoms with Gasteiger partial charge in [-0.1, -0.05) is 47.5 Å². The summed E-state index contributed by atoms with van der Waals surface area (Å²) in [5, 5.41) is 0.792. The Labute approximate surface area is 132 Å².